The summed E-state index contributed by atoms with van der Waals surface area (Å²) in [6.07, 6.45) is 4.29. The molecule has 4 aliphatic heterocycles. The topological polar surface area (TPSA) is 88.2 Å². The predicted octanol–water partition coefficient (Wildman–Crippen LogP) is 2.48. The first-order valence-corrected chi connectivity index (χ1v) is 11.5. The maximum atomic E-state index is 13.9. The normalized spacial score (nSPS) is 30.6. The number of rotatable bonds is 4. The van der Waals surface area contributed by atoms with Crippen LogP contribution in [0.3, 0.4) is 0 Å². The van der Waals surface area contributed by atoms with Crippen molar-refractivity contribution in [2.75, 3.05) is 31.6 Å². The minimum absolute atomic E-state index is 0.0193. The summed E-state index contributed by atoms with van der Waals surface area (Å²) >= 11 is 0. The zero-order chi connectivity index (χ0) is 23.3. The minimum atomic E-state index is -0.805. The highest BCUT2D eigenvalue weighted by molar-refractivity contribution is 5.99. The maximum absolute atomic E-state index is 13.9. The van der Waals surface area contributed by atoms with E-state index in [2.05, 4.69) is 5.32 Å². The monoisotopic (exact) mass is 457 g/mol. The van der Waals surface area contributed by atoms with Crippen molar-refractivity contribution in [3.63, 3.8) is 0 Å². The molecule has 0 aliphatic carbocycles. The van der Waals surface area contributed by atoms with Crippen LogP contribution >= 0.6 is 0 Å². The highest BCUT2D eigenvalue weighted by atomic mass is 19.1. The average Bonchev–Trinajstić information content (AvgIpc) is 3.45. The van der Waals surface area contributed by atoms with Crippen molar-refractivity contribution < 1.29 is 28.2 Å². The number of ether oxygens (including phenoxy) is 2. The largest absolute Gasteiger partial charge is 0.450 e. The number of hydrogen-bond donors (Lipinski definition) is 1. The quantitative estimate of drug-likeness (QED) is 0.702. The lowest BCUT2D eigenvalue weighted by Gasteiger charge is -2.37. The van der Waals surface area contributed by atoms with Gasteiger partial charge in [0.25, 0.3) is 0 Å². The summed E-state index contributed by atoms with van der Waals surface area (Å²) in [7, 11) is 0. The Balaban J connectivity index is 1.29. The number of amides is 3. The van der Waals surface area contributed by atoms with Crippen LogP contribution in [0, 0.1) is 24.6 Å². The van der Waals surface area contributed by atoms with Crippen molar-refractivity contribution in [1.29, 1.82) is 0 Å². The van der Waals surface area contributed by atoms with Crippen molar-refractivity contribution in [3.8, 4) is 0 Å². The first-order chi connectivity index (χ1) is 15.8. The second-order valence-corrected chi connectivity index (χ2v) is 9.24. The number of fused-ring (bicyclic) bond motifs is 1. The van der Waals surface area contributed by atoms with E-state index in [-0.39, 0.29) is 23.9 Å². The molecule has 8 nitrogen and oxygen atoms in total. The summed E-state index contributed by atoms with van der Waals surface area (Å²) in [6, 6.07) is 4.52. The van der Waals surface area contributed by atoms with E-state index >= 15 is 0 Å². The van der Waals surface area contributed by atoms with Gasteiger partial charge in [-0.15, -0.1) is 0 Å². The number of halogens is 1. The van der Waals surface area contributed by atoms with Gasteiger partial charge < -0.3 is 24.6 Å². The molecule has 1 aromatic rings. The van der Waals surface area contributed by atoms with E-state index in [1.54, 1.807) is 30.9 Å². The lowest BCUT2D eigenvalue weighted by molar-refractivity contribution is -0.138. The number of aryl methyl sites for hydroxylation is 1. The van der Waals surface area contributed by atoms with E-state index in [4.69, 9.17) is 9.47 Å². The number of carbonyl (C=O) groups is 3. The molecule has 3 amide bonds. The lowest BCUT2D eigenvalue weighted by atomic mass is 9.76. The van der Waals surface area contributed by atoms with Gasteiger partial charge >= 0.3 is 6.09 Å². The fourth-order valence-corrected chi connectivity index (χ4v) is 5.61. The summed E-state index contributed by atoms with van der Waals surface area (Å²) in [5.74, 6) is -2.11. The molecule has 4 aliphatic rings. The van der Waals surface area contributed by atoms with Crippen LogP contribution in [0.2, 0.25) is 0 Å². The molecule has 4 heterocycles. The van der Waals surface area contributed by atoms with E-state index in [9.17, 15) is 18.8 Å². The molecule has 3 saturated heterocycles. The third-order valence-electron chi connectivity index (χ3n) is 7.30. The molecule has 9 heteroatoms. The molecular formula is C24H28FN3O5. The minimum Gasteiger partial charge on any atom is -0.450 e. The number of benzene rings is 1. The average molecular weight is 458 g/mol. The third kappa shape index (κ3) is 3.58. The number of anilines is 1. The van der Waals surface area contributed by atoms with Gasteiger partial charge in [0.05, 0.1) is 31.1 Å². The van der Waals surface area contributed by atoms with Gasteiger partial charge in [-0.25, -0.2) is 9.18 Å². The Bertz CT molecular complexity index is 1020. The first-order valence-electron chi connectivity index (χ1n) is 11.5. The number of likely N-dealkylation sites (tertiary alicyclic amines) is 2. The van der Waals surface area contributed by atoms with Gasteiger partial charge in [0.2, 0.25) is 11.8 Å². The number of carbonyl (C=O) groups excluding carboxylic acids is 3. The van der Waals surface area contributed by atoms with Crippen molar-refractivity contribution in [3.05, 3.63) is 41.7 Å². The van der Waals surface area contributed by atoms with Crippen molar-refractivity contribution in [2.24, 2.45) is 11.8 Å². The maximum Gasteiger partial charge on any atom is 0.409 e. The number of nitrogens with one attached hydrogen (secondary N) is 1. The Labute approximate surface area is 191 Å². The van der Waals surface area contributed by atoms with E-state index in [0.717, 1.165) is 0 Å². The van der Waals surface area contributed by atoms with Gasteiger partial charge in [-0.2, -0.15) is 0 Å². The molecule has 176 valence electrons. The van der Waals surface area contributed by atoms with Gasteiger partial charge in [-0.05, 0) is 44.4 Å². The van der Waals surface area contributed by atoms with Crippen molar-refractivity contribution in [1.82, 2.24) is 9.80 Å². The van der Waals surface area contributed by atoms with Gasteiger partial charge in [-0.3, -0.25) is 9.59 Å². The van der Waals surface area contributed by atoms with E-state index in [1.807, 2.05) is 17.1 Å². The predicted molar refractivity (Wildman–Crippen MR) is 117 cm³/mol. The van der Waals surface area contributed by atoms with Gasteiger partial charge in [0.1, 0.15) is 11.4 Å². The SMILES string of the molecule is CCOC(=O)N1CCC(N2C[C@@]34C=C[C@@H](O3)[C@@H](C(=O)Nc3ccc(C)c(F)c3)[C@@H]4C2=O)CC1. The van der Waals surface area contributed by atoms with Crippen LogP contribution in [0.15, 0.2) is 30.4 Å². The molecule has 3 fully saturated rings. The molecule has 0 aromatic heterocycles. The summed E-state index contributed by atoms with van der Waals surface area (Å²) in [5, 5.41) is 2.77. The van der Waals surface area contributed by atoms with Crippen LogP contribution in [-0.4, -0.2) is 71.7 Å². The van der Waals surface area contributed by atoms with Crippen LogP contribution in [0.4, 0.5) is 14.9 Å². The standard InChI is InChI=1S/C24H28FN3O5/c1-3-32-23(31)27-10-7-16(8-11-27)28-13-24-9-6-18(33-24)19(20(24)22(28)30)21(29)26-15-5-4-14(2)17(25)12-15/h4-6,9,12,16,18-20H,3,7-8,10-11,13H2,1-2H3,(H,26,29)/t18-,19-,20-,24-/m1/s1. The molecule has 5 rings (SSSR count). The molecule has 1 N–H and O–H groups in total. The van der Waals surface area contributed by atoms with Crippen LogP contribution in [0.1, 0.15) is 25.3 Å². The Hall–Kier alpha value is -2.94. The van der Waals surface area contributed by atoms with Crippen LogP contribution in [-0.2, 0) is 19.1 Å². The third-order valence-corrected chi connectivity index (χ3v) is 7.30. The molecule has 0 saturated carbocycles. The van der Waals surface area contributed by atoms with Crippen LogP contribution in [0.5, 0.6) is 0 Å². The summed E-state index contributed by atoms with van der Waals surface area (Å²) < 4.78 is 25.2. The molecule has 1 spiro atoms. The van der Waals surface area contributed by atoms with Crippen molar-refractivity contribution in [2.45, 2.75) is 44.4 Å². The number of hydrogen-bond acceptors (Lipinski definition) is 5. The highest BCUT2D eigenvalue weighted by Crippen LogP contribution is 2.52. The molecule has 1 aromatic carbocycles. The molecule has 33 heavy (non-hydrogen) atoms. The summed E-state index contributed by atoms with van der Waals surface area (Å²) in [4.78, 5) is 42.2. The van der Waals surface area contributed by atoms with Crippen LogP contribution in [0.25, 0.3) is 0 Å². The molecule has 0 radical (unpaired) electrons. The second kappa shape index (κ2) is 8.13. The van der Waals surface area contributed by atoms with Crippen molar-refractivity contribution >= 4 is 23.6 Å². The molecule has 2 bridgehead atoms. The fourth-order valence-electron chi connectivity index (χ4n) is 5.61. The first kappa shape index (κ1) is 21.9. The van der Waals surface area contributed by atoms with E-state index < -0.39 is 29.4 Å². The lowest BCUT2D eigenvalue weighted by Crippen LogP contribution is -2.49. The van der Waals surface area contributed by atoms with E-state index in [1.165, 1.54) is 6.07 Å². The highest BCUT2D eigenvalue weighted by Gasteiger charge is 2.67. The van der Waals surface area contributed by atoms with E-state index in [0.29, 0.717) is 50.3 Å². The summed E-state index contributed by atoms with van der Waals surface area (Å²) in [6.45, 7) is 5.20. The molecule has 4 atom stereocenters. The van der Waals surface area contributed by atoms with Gasteiger partial charge in [0, 0.05) is 24.8 Å². The Morgan fingerprint density at radius 3 is 2.76 bits per heavy atom. The smallest absolute Gasteiger partial charge is 0.409 e. The molecule has 0 unspecified atom stereocenters. The molecular weight excluding hydrogens is 429 g/mol. The second-order valence-electron chi connectivity index (χ2n) is 9.24. The fraction of sp³-hybridized carbons (Fsp3) is 0.542. The number of nitrogens with zero attached hydrogens (tertiary/aromatic N) is 2. The Morgan fingerprint density at radius 1 is 1.30 bits per heavy atom. The Kier molecular flexibility index (Phi) is 5.39. The van der Waals surface area contributed by atoms with Crippen LogP contribution < -0.4 is 5.32 Å². The summed E-state index contributed by atoms with van der Waals surface area (Å²) in [5.41, 5.74) is 0.0481. The zero-order valence-corrected chi connectivity index (χ0v) is 18.8. The zero-order valence-electron chi connectivity index (χ0n) is 18.8. The number of piperidine rings is 1. The Morgan fingerprint density at radius 2 is 2.06 bits per heavy atom. The van der Waals surface area contributed by atoms with Gasteiger partial charge in [0.15, 0.2) is 0 Å². The van der Waals surface area contributed by atoms with Gasteiger partial charge in [-0.1, -0.05) is 18.2 Å².